The van der Waals surface area contributed by atoms with E-state index < -0.39 is 0 Å². The topological polar surface area (TPSA) is 29.1 Å². The maximum Gasteiger partial charge on any atom is 0.132 e. The van der Waals surface area contributed by atoms with Gasteiger partial charge in [0.05, 0.1) is 0 Å². The van der Waals surface area contributed by atoms with Gasteiger partial charge in [-0.15, -0.1) is 0 Å². The Labute approximate surface area is 82.1 Å². The zero-order valence-corrected chi connectivity index (χ0v) is 9.39. The Bertz CT molecular complexity index is 143. The summed E-state index contributed by atoms with van der Waals surface area (Å²) < 4.78 is 0. The Kier molecular flexibility index (Phi) is 6.87. The van der Waals surface area contributed by atoms with Gasteiger partial charge in [-0.25, -0.2) is 0 Å². The molecule has 0 rings (SSSR count). The summed E-state index contributed by atoms with van der Waals surface area (Å²) in [5, 5.41) is 3.10. The molecule has 2 nitrogen and oxygen atoms in total. The molecule has 0 aliphatic carbocycles. The molecule has 0 aromatic heterocycles. The summed E-state index contributed by atoms with van der Waals surface area (Å²) in [5.41, 5.74) is 0. The number of carbonyl (C=O) groups excluding carboxylic acids is 1. The van der Waals surface area contributed by atoms with E-state index in [2.05, 4.69) is 19.2 Å². The fourth-order valence-electron chi connectivity index (χ4n) is 1.58. The van der Waals surface area contributed by atoms with Crippen molar-refractivity contribution in [2.24, 2.45) is 11.8 Å². The molecule has 0 heterocycles. The molecule has 0 unspecified atom stereocenters. The Morgan fingerprint density at radius 3 is 2.38 bits per heavy atom. The summed E-state index contributed by atoms with van der Waals surface area (Å²) in [7, 11) is 1.95. The van der Waals surface area contributed by atoms with Crippen LogP contribution in [0.2, 0.25) is 0 Å². The number of hydrogen-bond acceptors (Lipinski definition) is 2. The number of carbonyl (C=O) groups is 1. The first-order chi connectivity index (χ1) is 6.07. The van der Waals surface area contributed by atoms with Crippen LogP contribution in [0.25, 0.3) is 0 Å². The van der Waals surface area contributed by atoms with Crippen LogP contribution in [0.15, 0.2) is 0 Å². The Morgan fingerprint density at radius 1 is 1.38 bits per heavy atom. The zero-order valence-electron chi connectivity index (χ0n) is 9.39. The van der Waals surface area contributed by atoms with Gasteiger partial charge < -0.3 is 5.32 Å². The van der Waals surface area contributed by atoms with E-state index in [0.29, 0.717) is 11.7 Å². The quantitative estimate of drug-likeness (QED) is 0.616. The van der Waals surface area contributed by atoms with Crippen LogP contribution >= 0.6 is 0 Å². The van der Waals surface area contributed by atoms with Crippen LogP contribution in [0.3, 0.4) is 0 Å². The highest BCUT2D eigenvalue weighted by molar-refractivity contribution is 5.78. The van der Waals surface area contributed by atoms with E-state index in [0.717, 1.165) is 25.8 Å². The van der Waals surface area contributed by atoms with Gasteiger partial charge in [0.1, 0.15) is 5.78 Å². The van der Waals surface area contributed by atoms with Crippen LogP contribution < -0.4 is 5.32 Å². The second-order valence-corrected chi connectivity index (χ2v) is 4.18. The summed E-state index contributed by atoms with van der Waals surface area (Å²) in [6.45, 7) is 7.08. The van der Waals surface area contributed by atoms with Gasteiger partial charge in [0.2, 0.25) is 0 Å². The van der Waals surface area contributed by atoms with Crippen molar-refractivity contribution in [3.8, 4) is 0 Å². The van der Waals surface area contributed by atoms with E-state index in [-0.39, 0.29) is 5.92 Å². The molecular weight excluding hydrogens is 162 g/mol. The number of ketones is 1. The molecule has 78 valence electrons. The highest BCUT2D eigenvalue weighted by Crippen LogP contribution is 2.17. The van der Waals surface area contributed by atoms with Gasteiger partial charge in [-0.3, -0.25) is 4.79 Å². The first kappa shape index (κ1) is 12.6. The molecule has 0 spiro atoms. The van der Waals surface area contributed by atoms with Gasteiger partial charge >= 0.3 is 0 Å². The molecule has 2 heteroatoms. The molecular formula is C11H23NO. The Hall–Kier alpha value is -0.370. The van der Waals surface area contributed by atoms with Crippen molar-refractivity contribution in [2.75, 3.05) is 13.6 Å². The molecule has 0 radical (unpaired) electrons. The van der Waals surface area contributed by atoms with E-state index in [1.54, 1.807) is 6.92 Å². The first-order valence-corrected chi connectivity index (χ1v) is 5.23. The van der Waals surface area contributed by atoms with Gasteiger partial charge in [0, 0.05) is 5.92 Å². The Balaban J connectivity index is 3.74. The highest BCUT2D eigenvalue weighted by Gasteiger charge is 2.14. The second-order valence-electron chi connectivity index (χ2n) is 4.18. The van der Waals surface area contributed by atoms with Crippen LogP contribution in [-0.2, 0) is 4.79 Å². The molecule has 0 amide bonds. The largest absolute Gasteiger partial charge is 0.320 e. The van der Waals surface area contributed by atoms with Crippen LogP contribution in [0.5, 0.6) is 0 Å². The van der Waals surface area contributed by atoms with E-state index in [1.807, 2.05) is 7.05 Å². The third kappa shape index (κ3) is 6.76. The number of hydrogen-bond donors (Lipinski definition) is 1. The van der Waals surface area contributed by atoms with E-state index in [4.69, 9.17) is 0 Å². The van der Waals surface area contributed by atoms with Crippen molar-refractivity contribution >= 4 is 5.78 Å². The van der Waals surface area contributed by atoms with Crippen LogP contribution in [0.4, 0.5) is 0 Å². The summed E-state index contributed by atoms with van der Waals surface area (Å²) in [5.74, 6) is 1.27. The summed E-state index contributed by atoms with van der Waals surface area (Å²) in [4.78, 5) is 11.3. The number of nitrogens with one attached hydrogen (secondary N) is 1. The van der Waals surface area contributed by atoms with Gasteiger partial charge in [-0.2, -0.15) is 0 Å². The maximum absolute atomic E-state index is 11.3. The van der Waals surface area contributed by atoms with E-state index in [9.17, 15) is 4.79 Å². The molecule has 0 saturated carbocycles. The lowest BCUT2D eigenvalue weighted by Gasteiger charge is -2.15. The highest BCUT2D eigenvalue weighted by atomic mass is 16.1. The third-order valence-corrected chi connectivity index (χ3v) is 2.31. The lowest BCUT2D eigenvalue weighted by molar-refractivity contribution is -0.121. The SMILES string of the molecule is CNCCC[C@@H](CC(C)C)C(C)=O. The predicted octanol–water partition coefficient (Wildman–Crippen LogP) is 2.24. The van der Waals surface area contributed by atoms with Crippen molar-refractivity contribution < 1.29 is 4.79 Å². The smallest absolute Gasteiger partial charge is 0.132 e. The first-order valence-electron chi connectivity index (χ1n) is 5.23. The van der Waals surface area contributed by atoms with E-state index >= 15 is 0 Å². The normalized spacial score (nSPS) is 13.3. The minimum atomic E-state index is 0.286. The molecule has 0 aliphatic heterocycles. The predicted molar refractivity (Wildman–Crippen MR) is 56.8 cm³/mol. The average molecular weight is 185 g/mol. The molecule has 0 saturated heterocycles. The third-order valence-electron chi connectivity index (χ3n) is 2.31. The second kappa shape index (κ2) is 7.07. The fourth-order valence-corrected chi connectivity index (χ4v) is 1.58. The van der Waals surface area contributed by atoms with E-state index in [1.165, 1.54) is 0 Å². The molecule has 0 fully saturated rings. The molecule has 0 aromatic rings. The van der Waals surface area contributed by atoms with Gasteiger partial charge in [-0.05, 0) is 45.7 Å². The molecule has 1 atom stereocenters. The maximum atomic E-state index is 11.3. The molecule has 0 aliphatic rings. The van der Waals surface area contributed by atoms with Crippen molar-refractivity contribution in [3.63, 3.8) is 0 Å². The number of rotatable bonds is 7. The van der Waals surface area contributed by atoms with Crippen molar-refractivity contribution in [2.45, 2.75) is 40.0 Å². The van der Waals surface area contributed by atoms with Crippen molar-refractivity contribution in [1.29, 1.82) is 0 Å². The summed E-state index contributed by atoms with van der Waals surface area (Å²) >= 11 is 0. The average Bonchev–Trinajstić information content (AvgIpc) is 2.02. The minimum absolute atomic E-state index is 0.286. The van der Waals surface area contributed by atoms with Crippen LogP contribution in [-0.4, -0.2) is 19.4 Å². The van der Waals surface area contributed by atoms with Crippen molar-refractivity contribution in [3.05, 3.63) is 0 Å². The lowest BCUT2D eigenvalue weighted by Crippen LogP contribution is -2.16. The fraction of sp³-hybridized carbons (Fsp3) is 0.909. The lowest BCUT2D eigenvalue weighted by atomic mass is 9.90. The van der Waals surface area contributed by atoms with Gasteiger partial charge in [0.25, 0.3) is 0 Å². The van der Waals surface area contributed by atoms with Crippen molar-refractivity contribution in [1.82, 2.24) is 5.32 Å². The minimum Gasteiger partial charge on any atom is -0.320 e. The van der Waals surface area contributed by atoms with Gasteiger partial charge in [-0.1, -0.05) is 13.8 Å². The summed E-state index contributed by atoms with van der Waals surface area (Å²) in [6, 6.07) is 0. The molecule has 1 N–H and O–H groups in total. The van der Waals surface area contributed by atoms with Gasteiger partial charge in [0.15, 0.2) is 0 Å². The van der Waals surface area contributed by atoms with Crippen LogP contribution in [0.1, 0.15) is 40.0 Å². The monoisotopic (exact) mass is 185 g/mol. The molecule has 13 heavy (non-hydrogen) atoms. The number of Topliss-reactive ketones (excluding diaryl/α,β-unsaturated/α-hetero) is 1. The zero-order chi connectivity index (χ0) is 10.3. The molecule has 0 bridgehead atoms. The van der Waals surface area contributed by atoms with Crippen LogP contribution in [0, 0.1) is 11.8 Å². The summed E-state index contributed by atoms with van der Waals surface area (Å²) in [6.07, 6.45) is 3.18. The Morgan fingerprint density at radius 2 is 2.00 bits per heavy atom. The molecule has 0 aromatic carbocycles. The standard InChI is InChI=1S/C11H23NO/c1-9(2)8-11(10(3)13)6-5-7-12-4/h9,11-12H,5-8H2,1-4H3/t11-/m0/s1.